The summed E-state index contributed by atoms with van der Waals surface area (Å²) in [5, 5.41) is 13.9. The SMILES string of the molecule is CC(=O)c1ccc(NC(=O)C(C)OC(=O)c2cc3c(cc2[N+](=O)[O-])OCCO3)cc1. The summed E-state index contributed by atoms with van der Waals surface area (Å²) in [6, 6.07) is 8.43. The summed E-state index contributed by atoms with van der Waals surface area (Å²) in [6.45, 7) is 3.23. The van der Waals surface area contributed by atoms with Gasteiger partial charge in [-0.3, -0.25) is 19.7 Å². The number of esters is 1. The summed E-state index contributed by atoms with van der Waals surface area (Å²) in [6.07, 6.45) is -1.24. The number of ketones is 1. The molecule has 0 radical (unpaired) electrons. The molecule has 10 nitrogen and oxygen atoms in total. The lowest BCUT2D eigenvalue weighted by molar-refractivity contribution is -0.385. The smallest absolute Gasteiger partial charge is 0.346 e. The van der Waals surface area contributed by atoms with Crippen molar-refractivity contribution in [2.75, 3.05) is 18.5 Å². The largest absolute Gasteiger partial charge is 0.486 e. The molecule has 0 aromatic heterocycles. The summed E-state index contributed by atoms with van der Waals surface area (Å²) in [5.74, 6) is -1.46. The molecule has 1 N–H and O–H groups in total. The van der Waals surface area contributed by atoms with Gasteiger partial charge in [-0.1, -0.05) is 0 Å². The van der Waals surface area contributed by atoms with Gasteiger partial charge >= 0.3 is 5.97 Å². The van der Waals surface area contributed by atoms with Gasteiger partial charge in [-0.15, -0.1) is 0 Å². The van der Waals surface area contributed by atoms with E-state index in [1.54, 1.807) is 12.1 Å². The molecule has 1 unspecified atom stereocenters. The second kappa shape index (κ2) is 8.60. The highest BCUT2D eigenvalue weighted by Gasteiger charge is 2.29. The van der Waals surface area contributed by atoms with Crippen LogP contribution in [0.3, 0.4) is 0 Å². The number of fused-ring (bicyclic) bond motifs is 1. The third-order valence-corrected chi connectivity index (χ3v) is 4.29. The van der Waals surface area contributed by atoms with Crippen LogP contribution in [0.2, 0.25) is 0 Å². The minimum Gasteiger partial charge on any atom is -0.486 e. The highest BCUT2D eigenvalue weighted by atomic mass is 16.6. The van der Waals surface area contributed by atoms with E-state index in [9.17, 15) is 24.5 Å². The molecule has 0 saturated heterocycles. The minimum atomic E-state index is -1.24. The first-order valence-corrected chi connectivity index (χ1v) is 8.97. The van der Waals surface area contributed by atoms with E-state index in [2.05, 4.69) is 5.32 Å². The van der Waals surface area contributed by atoms with Crippen LogP contribution >= 0.6 is 0 Å². The molecule has 0 bridgehead atoms. The van der Waals surface area contributed by atoms with Crippen molar-refractivity contribution in [3.63, 3.8) is 0 Å². The normalized spacial score (nSPS) is 13.1. The second-order valence-electron chi connectivity index (χ2n) is 6.44. The Kier molecular flexibility index (Phi) is 5.95. The van der Waals surface area contributed by atoms with Crippen LogP contribution in [0.1, 0.15) is 34.6 Å². The predicted molar refractivity (Wildman–Crippen MR) is 104 cm³/mol. The number of ether oxygens (including phenoxy) is 3. The van der Waals surface area contributed by atoms with Gasteiger partial charge in [0.2, 0.25) is 0 Å². The summed E-state index contributed by atoms with van der Waals surface area (Å²) in [7, 11) is 0. The fourth-order valence-corrected chi connectivity index (χ4v) is 2.70. The molecule has 0 aliphatic carbocycles. The molecule has 1 aliphatic heterocycles. The van der Waals surface area contributed by atoms with Crippen LogP contribution in [0.15, 0.2) is 36.4 Å². The van der Waals surface area contributed by atoms with E-state index >= 15 is 0 Å². The molecule has 156 valence electrons. The standard InChI is InChI=1S/C20H18N2O8/c1-11(23)13-3-5-14(6-4-13)21-19(24)12(2)30-20(25)15-9-17-18(29-8-7-28-17)10-16(15)22(26)27/h3-6,9-10,12H,7-8H2,1-2H3,(H,21,24). The highest BCUT2D eigenvalue weighted by molar-refractivity contribution is 6.00. The third kappa shape index (κ3) is 4.54. The van der Waals surface area contributed by atoms with Gasteiger partial charge in [-0.05, 0) is 38.1 Å². The Morgan fingerprint density at radius 2 is 1.70 bits per heavy atom. The lowest BCUT2D eigenvalue weighted by Gasteiger charge is -2.19. The van der Waals surface area contributed by atoms with E-state index in [0.717, 1.165) is 6.07 Å². The maximum atomic E-state index is 12.5. The Labute approximate surface area is 170 Å². The van der Waals surface area contributed by atoms with E-state index < -0.39 is 28.6 Å². The van der Waals surface area contributed by atoms with Crippen LogP contribution in [0.4, 0.5) is 11.4 Å². The maximum absolute atomic E-state index is 12.5. The Morgan fingerprint density at radius 1 is 1.10 bits per heavy atom. The highest BCUT2D eigenvalue weighted by Crippen LogP contribution is 2.37. The van der Waals surface area contributed by atoms with Crippen molar-refractivity contribution in [2.24, 2.45) is 0 Å². The lowest BCUT2D eigenvalue weighted by Crippen LogP contribution is -2.30. The molecule has 0 saturated carbocycles. The number of nitrogens with zero attached hydrogens (tertiary/aromatic N) is 1. The molecular weight excluding hydrogens is 396 g/mol. The number of Topliss-reactive ketones (excluding diaryl/α,β-unsaturated/α-hetero) is 1. The van der Waals surface area contributed by atoms with Crippen LogP contribution in [0.25, 0.3) is 0 Å². The molecule has 1 heterocycles. The summed E-state index contributed by atoms with van der Waals surface area (Å²) >= 11 is 0. The molecule has 2 aromatic rings. The number of rotatable bonds is 6. The van der Waals surface area contributed by atoms with Gasteiger partial charge in [0.15, 0.2) is 23.4 Å². The van der Waals surface area contributed by atoms with Crippen LogP contribution in [-0.2, 0) is 9.53 Å². The summed E-state index contributed by atoms with van der Waals surface area (Å²) in [4.78, 5) is 46.7. The maximum Gasteiger partial charge on any atom is 0.346 e. The molecule has 0 spiro atoms. The zero-order chi connectivity index (χ0) is 21.8. The van der Waals surface area contributed by atoms with E-state index in [1.807, 2.05) is 0 Å². The fraction of sp³-hybridized carbons (Fsp3) is 0.250. The van der Waals surface area contributed by atoms with Crippen molar-refractivity contribution in [3.8, 4) is 11.5 Å². The molecule has 3 rings (SSSR count). The Balaban J connectivity index is 1.72. The Hall–Kier alpha value is -3.95. The summed E-state index contributed by atoms with van der Waals surface area (Å²) in [5.41, 5.74) is 0.0167. The van der Waals surface area contributed by atoms with Crippen molar-refractivity contribution < 1.29 is 33.5 Å². The number of amides is 1. The quantitative estimate of drug-likeness (QED) is 0.330. The van der Waals surface area contributed by atoms with Gasteiger partial charge in [0.25, 0.3) is 11.6 Å². The van der Waals surface area contributed by atoms with Gasteiger partial charge in [-0.2, -0.15) is 0 Å². The molecule has 0 fully saturated rings. The van der Waals surface area contributed by atoms with Crippen LogP contribution in [0, 0.1) is 10.1 Å². The van der Waals surface area contributed by atoms with Gasteiger partial charge in [-0.25, -0.2) is 4.79 Å². The average molecular weight is 414 g/mol. The zero-order valence-corrected chi connectivity index (χ0v) is 16.2. The number of carbonyl (C=O) groups is 3. The molecule has 1 atom stereocenters. The van der Waals surface area contributed by atoms with E-state index in [0.29, 0.717) is 11.3 Å². The number of hydrogen-bond acceptors (Lipinski definition) is 8. The van der Waals surface area contributed by atoms with E-state index in [-0.39, 0.29) is 36.1 Å². The average Bonchev–Trinajstić information content (AvgIpc) is 2.72. The molecule has 2 aromatic carbocycles. The van der Waals surface area contributed by atoms with Crippen molar-refractivity contribution >= 4 is 29.0 Å². The molecule has 10 heteroatoms. The number of hydrogen-bond donors (Lipinski definition) is 1. The zero-order valence-electron chi connectivity index (χ0n) is 16.2. The number of benzene rings is 2. The van der Waals surface area contributed by atoms with Crippen molar-refractivity contribution in [2.45, 2.75) is 20.0 Å². The van der Waals surface area contributed by atoms with Gasteiger partial charge in [0, 0.05) is 17.3 Å². The lowest BCUT2D eigenvalue weighted by atomic mass is 10.1. The van der Waals surface area contributed by atoms with Crippen molar-refractivity contribution in [1.82, 2.24) is 0 Å². The van der Waals surface area contributed by atoms with Crippen molar-refractivity contribution in [1.29, 1.82) is 0 Å². The molecule has 30 heavy (non-hydrogen) atoms. The first kappa shape index (κ1) is 20.8. The minimum absolute atomic E-state index is 0.115. The van der Waals surface area contributed by atoms with Crippen molar-refractivity contribution in [3.05, 3.63) is 57.6 Å². The van der Waals surface area contributed by atoms with Gasteiger partial charge < -0.3 is 19.5 Å². The Bertz CT molecular complexity index is 1020. The molecule has 1 aliphatic rings. The van der Waals surface area contributed by atoms with E-state index in [4.69, 9.17) is 14.2 Å². The first-order valence-electron chi connectivity index (χ1n) is 8.97. The molecular formula is C20H18N2O8. The number of nitro groups is 1. The van der Waals surface area contributed by atoms with Gasteiger partial charge in [0.1, 0.15) is 18.8 Å². The number of nitrogens with one attached hydrogen (secondary N) is 1. The topological polar surface area (TPSA) is 134 Å². The molecule has 1 amide bonds. The Morgan fingerprint density at radius 3 is 2.27 bits per heavy atom. The number of carbonyl (C=O) groups excluding carboxylic acids is 3. The first-order chi connectivity index (χ1) is 14.3. The van der Waals surface area contributed by atoms with Gasteiger partial charge in [0.05, 0.1) is 11.0 Å². The monoisotopic (exact) mass is 414 g/mol. The van der Waals surface area contributed by atoms with Crippen LogP contribution in [0.5, 0.6) is 11.5 Å². The number of anilines is 1. The fourth-order valence-electron chi connectivity index (χ4n) is 2.70. The van der Waals surface area contributed by atoms with Crippen LogP contribution < -0.4 is 14.8 Å². The summed E-state index contributed by atoms with van der Waals surface area (Å²) < 4.78 is 15.7. The van der Waals surface area contributed by atoms with E-state index in [1.165, 1.54) is 32.0 Å². The number of nitro benzene ring substituents is 1. The second-order valence-corrected chi connectivity index (χ2v) is 6.44. The third-order valence-electron chi connectivity index (χ3n) is 4.29. The van der Waals surface area contributed by atoms with Crippen LogP contribution in [-0.4, -0.2) is 41.9 Å². The predicted octanol–water partition coefficient (Wildman–Crippen LogP) is 2.75.